The molecule has 0 amide bonds. The quantitative estimate of drug-likeness (QED) is 0.613. The third kappa shape index (κ3) is 1.07. The molecule has 17 heavy (non-hydrogen) atoms. The summed E-state index contributed by atoms with van der Waals surface area (Å²) >= 11 is 6.10. The highest BCUT2D eigenvalue weighted by Crippen LogP contribution is 2.49. The van der Waals surface area contributed by atoms with Gasteiger partial charge in [-0.15, -0.1) is 0 Å². The molecule has 2 bridgehead atoms. The topological polar surface area (TPSA) is 12.4 Å². The van der Waals surface area contributed by atoms with E-state index in [0.29, 0.717) is 11.1 Å². The van der Waals surface area contributed by atoms with Crippen LogP contribution in [0.1, 0.15) is 17.0 Å². The van der Waals surface area contributed by atoms with Gasteiger partial charge in [0.25, 0.3) is 0 Å². The molecule has 0 fully saturated rings. The van der Waals surface area contributed by atoms with Crippen molar-refractivity contribution in [3.05, 3.63) is 71.3 Å². The summed E-state index contributed by atoms with van der Waals surface area (Å²) in [6, 6.07) is 8.49. The van der Waals surface area contributed by atoms with Crippen LogP contribution in [0.4, 0.5) is 0 Å². The fraction of sp³-hybridized carbons (Fsp3) is 0.133. The predicted molar refractivity (Wildman–Crippen MR) is 70.5 cm³/mol. The highest BCUT2D eigenvalue weighted by Gasteiger charge is 2.42. The lowest BCUT2D eigenvalue weighted by molar-refractivity contribution is 0.677. The van der Waals surface area contributed by atoms with Crippen molar-refractivity contribution in [2.45, 2.75) is 11.5 Å². The minimum atomic E-state index is -0.364. The molecule has 1 spiro atoms. The number of rotatable bonds is 0. The fourth-order valence-electron chi connectivity index (χ4n) is 2.97. The van der Waals surface area contributed by atoms with Crippen molar-refractivity contribution in [2.24, 2.45) is 4.99 Å². The molecule has 0 saturated heterocycles. The maximum atomic E-state index is 6.10. The summed E-state index contributed by atoms with van der Waals surface area (Å²) in [5.74, 6) is 0.373. The van der Waals surface area contributed by atoms with Crippen LogP contribution in [0.2, 0.25) is 0 Å². The molecule has 0 N–H and O–H groups in total. The van der Waals surface area contributed by atoms with Gasteiger partial charge in [0.05, 0.1) is 0 Å². The van der Waals surface area contributed by atoms with Crippen LogP contribution in [0.15, 0.2) is 65.2 Å². The minimum absolute atomic E-state index is 0.364. The highest BCUT2D eigenvalue weighted by atomic mass is 35.5. The molecule has 0 aromatic heterocycles. The van der Waals surface area contributed by atoms with E-state index in [-0.39, 0.29) is 5.54 Å². The van der Waals surface area contributed by atoms with Gasteiger partial charge in [-0.1, -0.05) is 60.2 Å². The van der Waals surface area contributed by atoms with Crippen molar-refractivity contribution in [3.63, 3.8) is 0 Å². The number of hydrogen-bond donors (Lipinski definition) is 0. The summed E-state index contributed by atoms with van der Waals surface area (Å²) in [4.78, 5) is 4.65. The summed E-state index contributed by atoms with van der Waals surface area (Å²) in [6.07, 6.45) is 10.7. The van der Waals surface area contributed by atoms with Crippen LogP contribution in [0.5, 0.6) is 0 Å². The van der Waals surface area contributed by atoms with Crippen molar-refractivity contribution >= 4 is 16.8 Å². The largest absolute Gasteiger partial charge is 0.253 e. The fourth-order valence-corrected chi connectivity index (χ4v) is 3.23. The number of nitrogens with zero attached hydrogens (tertiary/aromatic N) is 1. The first-order valence-corrected chi connectivity index (χ1v) is 6.12. The van der Waals surface area contributed by atoms with Crippen molar-refractivity contribution in [2.75, 3.05) is 0 Å². The summed E-state index contributed by atoms with van der Waals surface area (Å²) in [5.41, 5.74) is 3.41. The van der Waals surface area contributed by atoms with E-state index in [1.54, 1.807) is 0 Å². The van der Waals surface area contributed by atoms with Gasteiger partial charge in [0, 0.05) is 5.92 Å². The molecule has 5 rings (SSSR count). The van der Waals surface area contributed by atoms with Crippen molar-refractivity contribution in [1.82, 2.24) is 0 Å². The van der Waals surface area contributed by atoms with Gasteiger partial charge in [-0.25, -0.2) is 0 Å². The molecule has 1 aromatic rings. The lowest BCUT2D eigenvalue weighted by Gasteiger charge is -2.30. The highest BCUT2D eigenvalue weighted by molar-refractivity contribution is 6.69. The third-order valence-electron chi connectivity index (χ3n) is 3.76. The van der Waals surface area contributed by atoms with Gasteiger partial charge < -0.3 is 0 Å². The normalized spacial score (nSPS) is 31.7. The van der Waals surface area contributed by atoms with E-state index in [1.165, 1.54) is 16.7 Å². The number of benzene rings is 1. The Bertz CT molecular complexity index is 636. The molecule has 1 nitrogen and oxygen atoms in total. The Labute approximate surface area is 105 Å². The molecule has 1 heterocycles. The lowest BCUT2D eigenvalue weighted by Crippen LogP contribution is -2.24. The van der Waals surface area contributed by atoms with Crippen LogP contribution in [-0.2, 0) is 5.54 Å². The second-order valence-electron chi connectivity index (χ2n) is 4.63. The Morgan fingerprint density at radius 3 is 3.00 bits per heavy atom. The summed E-state index contributed by atoms with van der Waals surface area (Å²) < 4.78 is 0. The summed E-state index contributed by atoms with van der Waals surface area (Å²) in [7, 11) is 0. The van der Waals surface area contributed by atoms with E-state index in [2.05, 4.69) is 53.6 Å². The Kier molecular flexibility index (Phi) is 1.66. The van der Waals surface area contributed by atoms with E-state index in [4.69, 9.17) is 11.6 Å². The first kappa shape index (κ1) is 9.43. The predicted octanol–water partition coefficient (Wildman–Crippen LogP) is 3.68. The lowest BCUT2D eigenvalue weighted by atomic mass is 9.77. The zero-order chi connectivity index (χ0) is 11.5. The molecule has 1 aliphatic heterocycles. The monoisotopic (exact) mass is 239 g/mol. The van der Waals surface area contributed by atoms with Gasteiger partial charge in [-0.2, -0.15) is 0 Å². The van der Waals surface area contributed by atoms with E-state index in [1.807, 2.05) is 6.08 Å². The van der Waals surface area contributed by atoms with Crippen molar-refractivity contribution < 1.29 is 0 Å². The van der Waals surface area contributed by atoms with Gasteiger partial charge >= 0.3 is 0 Å². The Hall–Kier alpha value is -1.60. The van der Waals surface area contributed by atoms with Crippen molar-refractivity contribution in [3.8, 4) is 0 Å². The van der Waals surface area contributed by atoms with Gasteiger partial charge in [-0.05, 0) is 22.8 Å². The molecular weight excluding hydrogens is 230 g/mol. The van der Waals surface area contributed by atoms with Gasteiger partial charge in [0.15, 0.2) is 0 Å². The average molecular weight is 240 g/mol. The molecule has 82 valence electrons. The zero-order valence-corrected chi connectivity index (χ0v) is 9.85. The Morgan fingerprint density at radius 1 is 1.18 bits per heavy atom. The average Bonchev–Trinajstić information content (AvgIpc) is 2.50. The number of halogens is 1. The van der Waals surface area contributed by atoms with Crippen LogP contribution >= 0.6 is 11.6 Å². The first-order valence-electron chi connectivity index (χ1n) is 5.74. The van der Waals surface area contributed by atoms with E-state index >= 15 is 0 Å². The van der Waals surface area contributed by atoms with E-state index < -0.39 is 0 Å². The third-order valence-corrected chi connectivity index (χ3v) is 3.95. The smallest absolute Gasteiger partial charge is 0.131 e. The summed E-state index contributed by atoms with van der Waals surface area (Å²) in [5, 5.41) is 0.587. The number of allylic oxidation sites excluding steroid dienone is 3. The Morgan fingerprint density at radius 2 is 2.06 bits per heavy atom. The molecule has 2 atom stereocenters. The van der Waals surface area contributed by atoms with E-state index in [0.717, 1.165) is 0 Å². The van der Waals surface area contributed by atoms with Crippen LogP contribution in [0, 0.1) is 0 Å². The molecular formula is C15H10ClN. The molecule has 0 saturated carbocycles. The van der Waals surface area contributed by atoms with Gasteiger partial charge in [0.2, 0.25) is 0 Å². The van der Waals surface area contributed by atoms with Crippen molar-refractivity contribution in [1.29, 1.82) is 0 Å². The van der Waals surface area contributed by atoms with Crippen LogP contribution in [0.25, 0.3) is 0 Å². The second-order valence-corrected chi connectivity index (χ2v) is 5.02. The van der Waals surface area contributed by atoms with E-state index in [9.17, 15) is 0 Å². The van der Waals surface area contributed by atoms with Crippen LogP contribution in [0.3, 0.4) is 0 Å². The maximum absolute atomic E-state index is 6.10. The molecule has 0 radical (unpaired) electrons. The number of aliphatic imine (C=N–C) groups is 1. The molecule has 2 unspecified atom stereocenters. The molecule has 4 aliphatic rings. The SMILES string of the molecule is ClC1=NC23C=CC(C=CC2=C1)c1ccccc13. The minimum Gasteiger partial charge on any atom is -0.253 e. The van der Waals surface area contributed by atoms with Crippen LogP contribution < -0.4 is 0 Å². The van der Waals surface area contributed by atoms with Crippen LogP contribution in [-0.4, -0.2) is 5.17 Å². The Balaban J connectivity index is 2.13. The second kappa shape index (κ2) is 2.99. The first-order chi connectivity index (χ1) is 8.29. The molecule has 1 aromatic carbocycles. The van der Waals surface area contributed by atoms with Gasteiger partial charge in [-0.3, -0.25) is 4.99 Å². The maximum Gasteiger partial charge on any atom is 0.131 e. The van der Waals surface area contributed by atoms with Gasteiger partial charge in [0.1, 0.15) is 10.7 Å². The molecule has 2 heteroatoms. The number of hydrogen-bond acceptors (Lipinski definition) is 1. The molecule has 3 aliphatic carbocycles. The zero-order valence-electron chi connectivity index (χ0n) is 9.10. The standard InChI is InChI=1S/C15H10ClN/c16-14-9-11-6-5-10-7-8-15(11,17-14)13-4-2-1-3-12(10)13/h1-10H. The summed E-state index contributed by atoms with van der Waals surface area (Å²) in [6.45, 7) is 0.